The van der Waals surface area contributed by atoms with Crippen molar-refractivity contribution in [2.24, 2.45) is 0 Å². The molecular formula is C18H27BrO2. The number of halogens is 1. The maximum Gasteiger partial charge on any atom is 0.0803 e. The van der Waals surface area contributed by atoms with Crippen LogP contribution in [0.2, 0.25) is 0 Å². The summed E-state index contributed by atoms with van der Waals surface area (Å²) in [5.41, 5.74) is 0.581. The molecule has 0 bridgehead atoms. The van der Waals surface area contributed by atoms with Crippen molar-refractivity contribution < 1.29 is 9.84 Å². The van der Waals surface area contributed by atoms with E-state index in [4.69, 9.17) is 4.74 Å². The zero-order valence-corrected chi connectivity index (χ0v) is 15.1. The Kier molecular flexibility index (Phi) is 6.64. The fourth-order valence-corrected chi connectivity index (χ4v) is 2.67. The summed E-state index contributed by atoms with van der Waals surface area (Å²) >= 11 is 3.50. The Morgan fingerprint density at radius 1 is 1.38 bits per heavy atom. The molecule has 3 heteroatoms. The second-order valence-corrected chi connectivity index (χ2v) is 7.28. The fraction of sp³-hybridized carbons (Fsp3) is 0.556. The van der Waals surface area contributed by atoms with Gasteiger partial charge >= 0.3 is 0 Å². The maximum absolute atomic E-state index is 10.2. The number of benzene rings is 1. The molecule has 2 unspecified atom stereocenters. The van der Waals surface area contributed by atoms with Crippen molar-refractivity contribution in [1.29, 1.82) is 0 Å². The highest BCUT2D eigenvalue weighted by molar-refractivity contribution is 9.10. The SMILES string of the molecule is C=CC(C)(C)OCCCC(C)(c1cccc(Br)c1)C(C)O. The van der Waals surface area contributed by atoms with E-state index in [2.05, 4.69) is 41.6 Å². The summed E-state index contributed by atoms with van der Waals surface area (Å²) in [6.45, 7) is 12.4. The number of aliphatic hydroxyl groups excluding tert-OH is 1. The molecular weight excluding hydrogens is 328 g/mol. The number of hydrogen-bond acceptors (Lipinski definition) is 2. The van der Waals surface area contributed by atoms with Crippen LogP contribution in [0.3, 0.4) is 0 Å². The van der Waals surface area contributed by atoms with E-state index in [9.17, 15) is 5.11 Å². The minimum absolute atomic E-state index is 0.272. The van der Waals surface area contributed by atoms with Gasteiger partial charge in [-0.15, -0.1) is 6.58 Å². The smallest absolute Gasteiger partial charge is 0.0803 e. The second-order valence-electron chi connectivity index (χ2n) is 6.36. The van der Waals surface area contributed by atoms with Crippen LogP contribution < -0.4 is 0 Å². The van der Waals surface area contributed by atoms with Gasteiger partial charge in [0.2, 0.25) is 0 Å². The third-order valence-electron chi connectivity index (χ3n) is 4.21. The Hall–Kier alpha value is -0.640. The van der Waals surface area contributed by atoms with Gasteiger partial charge in [0.15, 0.2) is 0 Å². The predicted molar refractivity (Wildman–Crippen MR) is 92.6 cm³/mol. The first-order valence-electron chi connectivity index (χ1n) is 7.43. The first-order chi connectivity index (χ1) is 9.71. The molecule has 0 fully saturated rings. The molecule has 0 saturated heterocycles. The lowest BCUT2D eigenvalue weighted by Gasteiger charge is -2.34. The summed E-state index contributed by atoms with van der Waals surface area (Å²) in [6.07, 6.45) is 3.16. The van der Waals surface area contributed by atoms with Crippen LogP contribution >= 0.6 is 15.9 Å². The maximum atomic E-state index is 10.2. The third kappa shape index (κ3) is 5.24. The van der Waals surface area contributed by atoms with E-state index in [-0.39, 0.29) is 11.0 Å². The molecule has 0 heterocycles. The molecule has 0 amide bonds. The summed E-state index contributed by atoms with van der Waals surface area (Å²) in [5.74, 6) is 0. The van der Waals surface area contributed by atoms with E-state index in [1.807, 2.05) is 39.0 Å². The minimum atomic E-state index is -0.417. The number of ether oxygens (including phenoxy) is 1. The molecule has 0 aromatic heterocycles. The second kappa shape index (κ2) is 7.57. The Balaban J connectivity index is 2.72. The molecule has 0 aliphatic carbocycles. The molecule has 21 heavy (non-hydrogen) atoms. The van der Waals surface area contributed by atoms with Crippen molar-refractivity contribution in [3.8, 4) is 0 Å². The van der Waals surface area contributed by atoms with Gasteiger partial charge in [0.1, 0.15) is 0 Å². The molecule has 2 atom stereocenters. The van der Waals surface area contributed by atoms with Crippen LogP contribution in [0.4, 0.5) is 0 Å². The lowest BCUT2D eigenvalue weighted by molar-refractivity contribution is 0.0111. The van der Waals surface area contributed by atoms with Crippen molar-refractivity contribution >= 4 is 15.9 Å². The third-order valence-corrected chi connectivity index (χ3v) is 4.71. The Morgan fingerprint density at radius 3 is 2.57 bits per heavy atom. The Bertz CT molecular complexity index is 468. The molecule has 1 N–H and O–H groups in total. The first kappa shape index (κ1) is 18.4. The van der Waals surface area contributed by atoms with Crippen LogP contribution in [0, 0.1) is 0 Å². The molecule has 0 spiro atoms. The van der Waals surface area contributed by atoms with Gasteiger partial charge in [-0.25, -0.2) is 0 Å². The van der Waals surface area contributed by atoms with Crippen molar-refractivity contribution in [3.63, 3.8) is 0 Å². The van der Waals surface area contributed by atoms with E-state index in [1.54, 1.807) is 0 Å². The van der Waals surface area contributed by atoms with Gasteiger partial charge in [0.05, 0.1) is 11.7 Å². The average molecular weight is 355 g/mol. The molecule has 0 radical (unpaired) electrons. The summed E-state index contributed by atoms with van der Waals surface area (Å²) < 4.78 is 6.84. The average Bonchev–Trinajstić information content (AvgIpc) is 2.43. The van der Waals surface area contributed by atoms with E-state index >= 15 is 0 Å². The van der Waals surface area contributed by atoms with Crippen LogP contribution in [-0.2, 0) is 10.2 Å². The monoisotopic (exact) mass is 354 g/mol. The fourth-order valence-electron chi connectivity index (χ4n) is 2.27. The number of rotatable bonds is 8. The lowest BCUT2D eigenvalue weighted by Crippen LogP contribution is -2.35. The van der Waals surface area contributed by atoms with Gasteiger partial charge in [0.25, 0.3) is 0 Å². The van der Waals surface area contributed by atoms with E-state index in [0.717, 1.165) is 22.9 Å². The minimum Gasteiger partial charge on any atom is -0.393 e. The summed E-state index contributed by atoms with van der Waals surface area (Å²) in [4.78, 5) is 0. The van der Waals surface area contributed by atoms with Crippen LogP contribution in [0.15, 0.2) is 41.4 Å². The number of aliphatic hydroxyl groups is 1. The van der Waals surface area contributed by atoms with Gasteiger partial charge in [-0.05, 0) is 51.3 Å². The molecule has 1 aromatic carbocycles. The molecule has 118 valence electrons. The van der Waals surface area contributed by atoms with Crippen LogP contribution in [0.25, 0.3) is 0 Å². The van der Waals surface area contributed by atoms with Gasteiger partial charge in [-0.1, -0.05) is 41.1 Å². The zero-order valence-electron chi connectivity index (χ0n) is 13.5. The summed E-state index contributed by atoms with van der Waals surface area (Å²) in [5, 5.41) is 10.2. The van der Waals surface area contributed by atoms with Crippen molar-refractivity contribution in [1.82, 2.24) is 0 Å². The molecule has 1 aromatic rings. The van der Waals surface area contributed by atoms with Crippen molar-refractivity contribution in [2.75, 3.05) is 6.61 Å². The lowest BCUT2D eigenvalue weighted by atomic mass is 9.74. The topological polar surface area (TPSA) is 29.5 Å². The van der Waals surface area contributed by atoms with Gasteiger partial charge in [-0.2, -0.15) is 0 Å². The zero-order chi connectivity index (χ0) is 16.1. The molecule has 0 saturated carbocycles. The van der Waals surface area contributed by atoms with E-state index in [0.29, 0.717) is 6.61 Å². The van der Waals surface area contributed by atoms with Crippen LogP contribution in [-0.4, -0.2) is 23.4 Å². The summed E-state index contributed by atoms with van der Waals surface area (Å²) in [6, 6.07) is 8.17. The normalized spacial score (nSPS) is 16.3. The van der Waals surface area contributed by atoms with E-state index < -0.39 is 6.10 Å². The quantitative estimate of drug-likeness (QED) is 0.534. The molecule has 2 nitrogen and oxygen atoms in total. The largest absolute Gasteiger partial charge is 0.393 e. The highest BCUT2D eigenvalue weighted by atomic mass is 79.9. The van der Waals surface area contributed by atoms with Gasteiger partial charge in [0, 0.05) is 16.5 Å². The summed E-state index contributed by atoms with van der Waals surface area (Å²) in [7, 11) is 0. The van der Waals surface area contributed by atoms with Crippen molar-refractivity contribution in [3.05, 3.63) is 47.0 Å². The molecule has 0 aliphatic heterocycles. The predicted octanol–water partition coefficient (Wildman–Crippen LogP) is 4.85. The highest BCUT2D eigenvalue weighted by Crippen LogP contribution is 2.34. The molecule has 0 aliphatic rings. The Morgan fingerprint density at radius 2 is 2.05 bits per heavy atom. The van der Waals surface area contributed by atoms with Crippen molar-refractivity contribution in [2.45, 2.75) is 57.7 Å². The highest BCUT2D eigenvalue weighted by Gasteiger charge is 2.31. The molecule has 1 rings (SSSR count). The van der Waals surface area contributed by atoms with Gasteiger partial charge < -0.3 is 9.84 Å². The first-order valence-corrected chi connectivity index (χ1v) is 8.22. The van der Waals surface area contributed by atoms with E-state index in [1.165, 1.54) is 0 Å². The van der Waals surface area contributed by atoms with Crippen LogP contribution in [0.5, 0.6) is 0 Å². The van der Waals surface area contributed by atoms with Crippen LogP contribution in [0.1, 0.15) is 46.1 Å². The Labute approximate surface area is 137 Å². The van der Waals surface area contributed by atoms with Gasteiger partial charge in [-0.3, -0.25) is 0 Å². The standard InChI is InChI=1S/C18H27BrO2/c1-6-17(3,4)21-12-8-11-18(5,14(2)20)15-9-7-10-16(19)13-15/h6-7,9-10,13-14,20H,1,8,11-12H2,2-5H3. The number of hydrogen-bond donors (Lipinski definition) is 1.